The number of hydrogen-bond acceptors (Lipinski definition) is 4. The lowest BCUT2D eigenvalue weighted by Crippen LogP contribution is -2.37. The van der Waals surface area contributed by atoms with Crippen molar-refractivity contribution in [2.75, 3.05) is 6.61 Å². The Kier molecular flexibility index (Phi) is 6.91. The largest absolute Gasteiger partial charge is 0.460 e. The van der Waals surface area contributed by atoms with Crippen molar-refractivity contribution >= 4 is 11.9 Å². The van der Waals surface area contributed by atoms with Crippen LogP contribution in [0.25, 0.3) is 0 Å². The molecule has 0 aromatic rings. The van der Waals surface area contributed by atoms with E-state index in [0.29, 0.717) is 17.8 Å². The van der Waals surface area contributed by atoms with Gasteiger partial charge in [0.05, 0.1) is 5.92 Å². The molecule has 0 aromatic carbocycles. The van der Waals surface area contributed by atoms with Crippen LogP contribution in [-0.2, 0) is 19.1 Å². The van der Waals surface area contributed by atoms with Crippen LogP contribution < -0.4 is 0 Å². The van der Waals surface area contributed by atoms with Gasteiger partial charge >= 0.3 is 11.9 Å². The second-order valence-corrected chi connectivity index (χ2v) is 7.80. The molecule has 2 rings (SSSR count). The van der Waals surface area contributed by atoms with Crippen molar-refractivity contribution in [3.63, 3.8) is 0 Å². The Labute approximate surface area is 140 Å². The third-order valence-corrected chi connectivity index (χ3v) is 5.51. The number of ether oxygens (including phenoxy) is 2. The molecule has 0 amide bonds. The van der Waals surface area contributed by atoms with E-state index < -0.39 is 0 Å². The summed E-state index contributed by atoms with van der Waals surface area (Å²) >= 11 is 0. The van der Waals surface area contributed by atoms with Crippen molar-refractivity contribution in [2.24, 2.45) is 23.7 Å². The Morgan fingerprint density at radius 1 is 1.04 bits per heavy atom. The van der Waals surface area contributed by atoms with E-state index in [2.05, 4.69) is 20.8 Å². The fraction of sp³-hybridized carbons (Fsp3) is 0.895. The molecule has 0 aliphatic heterocycles. The van der Waals surface area contributed by atoms with Crippen molar-refractivity contribution in [3.05, 3.63) is 0 Å². The average molecular weight is 324 g/mol. The maximum atomic E-state index is 12.1. The highest BCUT2D eigenvalue weighted by Gasteiger charge is 2.33. The van der Waals surface area contributed by atoms with E-state index in [4.69, 9.17) is 9.47 Å². The van der Waals surface area contributed by atoms with E-state index in [9.17, 15) is 9.59 Å². The molecular weight excluding hydrogens is 292 g/mol. The van der Waals surface area contributed by atoms with Gasteiger partial charge in [-0.15, -0.1) is 0 Å². The highest BCUT2D eigenvalue weighted by molar-refractivity contribution is 5.77. The molecule has 0 saturated heterocycles. The minimum atomic E-state index is -0.390. The third kappa shape index (κ3) is 5.50. The van der Waals surface area contributed by atoms with Gasteiger partial charge in [-0.3, -0.25) is 4.79 Å². The zero-order chi connectivity index (χ0) is 16.8. The van der Waals surface area contributed by atoms with Crippen LogP contribution in [-0.4, -0.2) is 24.6 Å². The van der Waals surface area contributed by atoms with Crippen LogP contribution in [0.15, 0.2) is 0 Å². The zero-order valence-electron chi connectivity index (χ0n) is 14.9. The number of carbonyl (C=O) groups is 2. The van der Waals surface area contributed by atoms with E-state index in [1.807, 2.05) is 0 Å². The SMILES string of the molecule is CC(C)[C@H]1CC[C@@H](C)C[C@@H]1OC(=O)COC(=O)C1CCCCC1. The van der Waals surface area contributed by atoms with Gasteiger partial charge in [0.1, 0.15) is 6.10 Å². The van der Waals surface area contributed by atoms with Crippen molar-refractivity contribution in [1.29, 1.82) is 0 Å². The van der Waals surface area contributed by atoms with Gasteiger partial charge in [-0.2, -0.15) is 0 Å². The first-order valence-electron chi connectivity index (χ1n) is 9.33. The molecule has 3 atom stereocenters. The molecule has 23 heavy (non-hydrogen) atoms. The van der Waals surface area contributed by atoms with Gasteiger partial charge in [0.2, 0.25) is 0 Å². The van der Waals surface area contributed by atoms with Crippen LogP contribution in [0.3, 0.4) is 0 Å². The Balaban J connectivity index is 1.77. The van der Waals surface area contributed by atoms with Gasteiger partial charge in [0.25, 0.3) is 0 Å². The smallest absolute Gasteiger partial charge is 0.344 e. The van der Waals surface area contributed by atoms with Gasteiger partial charge < -0.3 is 9.47 Å². The topological polar surface area (TPSA) is 52.6 Å². The maximum absolute atomic E-state index is 12.1. The fourth-order valence-electron chi connectivity index (χ4n) is 4.04. The standard InChI is InChI=1S/C19H32O4/c1-13(2)16-10-9-14(3)11-17(16)23-18(20)12-22-19(21)15-7-5-4-6-8-15/h13-17H,4-12H2,1-3H3/t14-,16-,17+/m1/s1. The first-order valence-corrected chi connectivity index (χ1v) is 9.33. The summed E-state index contributed by atoms with van der Waals surface area (Å²) in [4.78, 5) is 24.1. The second-order valence-electron chi connectivity index (χ2n) is 7.80. The average Bonchev–Trinajstić information content (AvgIpc) is 2.53. The molecule has 2 aliphatic carbocycles. The van der Waals surface area contributed by atoms with E-state index in [0.717, 1.165) is 38.5 Å². The highest BCUT2D eigenvalue weighted by atomic mass is 16.6. The molecule has 0 aromatic heterocycles. The van der Waals surface area contributed by atoms with Gasteiger partial charge in [-0.1, -0.05) is 46.5 Å². The van der Waals surface area contributed by atoms with Gasteiger partial charge in [-0.25, -0.2) is 4.79 Å². The van der Waals surface area contributed by atoms with Gasteiger partial charge in [-0.05, 0) is 43.4 Å². The van der Waals surface area contributed by atoms with Crippen LogP contribution in [0, 0.1) is 23.7 Å². The van der Waals surface area contributed by atoms with Crippen molar-refractivity contribution in [1.82, 2.24) is 0 Å². The monoisotopic (exact) mass is 324 g/mol. The van der Waals surface area contributed by atoms with E-state index in [-0.39, 0.29) is 30.6 Å². The molecule has 0 spiro atoms. The summed E-state index contributed by atoms with van der Waals surface area (Å²) in [5.74, 6) is 0.884. The minimum absolute atomic E-state index is 0.0188. The van der Waals surface area contributed by atoms with E-state index >= 15 is 0 Å². The first-order chi connectivity index (χ1) is 11.0. The molecule has 0 bridgehead atoms. The molecule has 2 saturated carbocycles. The number of rotatable bonds is 5. The molecule has 2 aliphatic rings. The summed E-state index contributed by atoms with van der Waals surface area (Å²) in [7, 11) is 0. The summed E-state index contributed by atoms with van der Waals surface area (Å²) in [6, 6.07) is 0. The molecule has 0 radical (unpaired) electrons. The van der Waals surface area contributed by atoms with Crippen molar-refractivity contribution in [3.8, 4) is 0 Å². The summed E-state index contributed by atoms with van der Waals surface area (Å²) in [6.07, 6.45) is 8.35. The summed E-state index contributed by atoms with van der Waals surface area (Å²) in [5, 5.41) is 0. The molecule has 2 fully saturated rings. The molecule has 0 unspecified atom stereocenters. The minimum Gasteiger partial charge on any atom is -0.460 e. The Hall–Kier alpha value is -1.06. The van der Waals surface area contributed by atoms with Gasteiger partial charge in [0.15, 0.2) is 6.61 Å². The van der Waals surface area contributed by atoms with Crippen LogP contribution >= 0.6 is 0 Å². The zero-order valence-corrected chi connectivity index (χ0v) is 14.9. The van der Waals surface area contributed by atoms with E-state index in [1.165, 1.54) is 12.8 Å². The molecular formula is C19H32O4. The summed E-state index contributed by atoms with van der Waals surface area (Å²) in [6.45, 7) is 6.35. The predicted octanol–water partition coefficient (Wildman–Crippen LogP) is 4.11. The van der Waals surface area contributed by atoms with Gasteiger partial charge in [0, 0.05) is 0 Å². The fourth-order valence-corrected chi connectivity index (χ4v) is 4.04. The maximum Gasteiger partial charge on any atom is 0.344 e. The van der Waals surface area contributed by atoms with Crippen molar-refractivity contribution < 1.29 is 19.1 Å². The molecule has 0 N–H and O–H groups in total. The Bertz CT molecular complexity index is 398. The first kappa shape index (κ1) is 18.3. The highest BCUT2D eigenvalue weighted by Crippen LogP contribution is 2.35. The quantitative estimate of drug-likeness (QED) is 0.714. The lowest BCUT2D eigenvalue weighted by molar-refractivity contribution is -0.169. The lowest BCUT2D eigenvalue weighted by Gasteiger charge is -2.36. The normalized spacial score (nSPS) is 29.3. The molecule has 0 heterocycles. The predicted molar refractivity (Wildman–Crippen MR) is 88.8 cm³/mol. The number of hydrogen-bond donors (Lipinski definition) is 0. The third-order valence-electron chi connectivity index (χ3n) is 5.51. The second kappa shape index (κ2) is 8.70. The van der Waals surface area contributed by atoms with Crippen LogP contribution in [0.4, 0.5) is 0 Å². The Morgan fingerprint density at radius 2 is 1.74 bits per heavy atom. The van der Waals surface area contributed by atoms with Crippen molar-refractivity contribution in [2.45, 2.75) is 78.2 Å². The molecule has 4 nitrogen and oxygen atoms in total. The van der Waals surface area contributed by atoms with Crippen LogP contribution in [0.5, 0.6) is 0 Å². The number of esters is 2. The molecule has 132 valence electrons. The van der Waals surface area contributed by atoms with E-state index in [1.54, 1.807) is 0 Å². The van der Waals surface area contributed by atoms with Crippen LogP contribution in [0.1, 0.15) is 72.1 Å². The number of carbonyl (C=O) groups excluding carboxylic acids is 2. The summed E-state index contributed by atoms with van der Waals surface area (Å²) < 4.78 is 10.9. The van der Waals surface area contributed by atoms with Crippen LogP contribution in [0.2, 0.25) is 0 Å². The molecule has 4 heteroatoms. The lowest BCUT2D eigenvalue weighted by atomic mass is 9.75. The Morgan fingerprint density at radius 3 is 2.39 bits per heavy atom. The summed E-state index contributed by atoms with van der Waals surface area (Å²) in [5.41, 5.74) is 0.